The molecule has 31 heavy (non-hydrogen) atoms. The van der Waals surface area contributed by atoms with Crippen molar-refractivity contribution in [3.63, 3.8) is 0 Å². The van der Waals surface area contributed by atoms with Gasteiger partial charge in [-0.2, -0.15) is 0 Å². The highest BCUT2D eigenvalue weighted by Gasteiger charge is 2.32. The van der Waals surface area contributed by atoms with Crippen molar-refractivity contribution >= 4 is 5.97 Å². The molecule has 1 aromatic carbocycles. The van der Waals surface area contributed by atoms with E-state index in [0.717, 1.165) is 38.0 Å². The molecule has 1 aliphatic carbocycles. The van der Waals surface area contributed by atoms with Crippen LogP contribution in [0.2, 0.25) is 0 Å². The molecule has 0 N–H and O–H groups in total. The molecule has 0 bridgehead atoms. The molecule has 6 nitrogen and oxygen atoms in total. The molecular formula is C25H32N4O2. The van der Waals surface area contributed by atoms with Crippen LogP contribution in [0.15, 0.2) is 60.3 Å². The summed E-state index contributed by atoms with van der Waals surface area (Å²) in [5, 5.41) is 8.70. The normalized spacial score (nSPS) is 22.0. The SMILES string of the molecule is COC(=O)C=CC1=CCC(C2CCCN2CCc2cn(Cc3ccccc3)nn2)CC1. The number of carbonyl (C=O) groups excluding carboxylic acids is 1. The highest BCUT2D eigenvalue weighted by atomic mass is 16.5. The fraction of sp³-hybridized carbons (Fsp3) is 0.480. The maximum atomic E-state index is 11.3. The van der Waals surface area contributed by atoms with Gasteiger partial charge in [-0.25, -0.2) is 9.48 Å². The zero-order valence-electron chi connectivity index (χ0n) is 18.3. The average Bonchev–Trinajstić information content (AvgIpc) is 3.46. The monoisotopic (exact) mass is 420 g/mol. The van der Waals surface area contributed by atoms with Gasteiger partial charge in [-0.05, 0) is 50.1 Å². The Morgan fingerprint density at radius 3 is 2.90 bits per heavy atom. The summed E-state index contributed by atoms with van der Waals surface area (Å²) < 4.78 is 6.61. The molecule has 1 aliphatic heterocycles. The van der Waals surface area contributed by atoms with Gasteiger partial charge in [0.1, 0.15) is 0 Å². The third-order valence-corrected chi connectivity index (χ3v) is 6.51. The second kappa shape index (κ2) is 10.5. The van der Waals surface area contributed by atoms with Gasteiger partial charge >= 0.3 is 5.97 Å². The van der Waals surface area contributed by atoms with Gasteiger partial charge in [-0.1, -0.05) is 53.3 Å². The molecule has 1 fully saturated rings. The van der Waals surface area contributed by atoms with Gasteiger partial charge in [0.25, 0.3) is 0 Å². The van der Waals surface area contributed by atoms with E-state index in [9.17, 15) is 4.79 Å². The van der Waals surface area contributed by atoms with Crippen LogP contribution in [-0.2, 0) is 22.5 Å². The lowest BCUT2D eigenvalue weighted by Gasteiger charge is -2.33. The lowest BCUT2D eigenvalue weighted by molar-refractivity contribution is -0.134. The molecule has 2 heterocycles. The van der Waals surface area contributed by atoms with E-state index >= 15 is 0 Å². The predicted molar refractivity (Wildman–Crippen MR) is 120 cm³/mol. The van der Waals surface area contributed by atoms with Gasteiger partial charge in [-0.3, -0.25) is 4.90 Å². The molecule has 0 radical (unpaired) electrons. The van der Waals surface area contributed by atoms with Crippen molar-refractivity contribution < 1.29 is 9.53 Å². The molecule has 2 aliphatic rings. The van der Waals surface area contributed by atoms with Crippen LogP contribution >= 0.6 is 0 Å². The number of allylic oxidation sites excluding steroid dienone is 3. The summed E-state index contributed by atoms with van der Waals surface area (Å²) in [6.45, 7) is 2.99. The van der Waals surface area contributed by atoms with E-state index < -0.39 is 0 Å². The van der Waals surface area contributed by atoms with Crippen LogP contribution in [0.25, 0.3) is 0 Å². The Kier molecular flexibility index (Phi) is 7.30. The minimum atomic E-state index is -0.286. The summed E-state index contributed by atoms with van der Waals surface area (Å²) in [5.74, 6) is 0.414. The standard InChI is InChI=1S/C25H32N4O2/c1-31-25(30)14-11-20-9-12-22(13-10-20)24-8-5-16-28(24)17-15-23-19-29(27-26-23)18-21-6-3-2-4-7-21/h2-4,6-7,9,11,14,19,22,24H,5,8,10,12-13,15-18H2,1H3. The molecule has 6 heteroatoms. The largest absolute Gasteiger partial charge is 0.466 e. The Balaban J connectivity index is 1.27. The van der Waals surface area contributed by atoms with Crippen molar-refractivity contribution in [1.82, 2.24) is 19.9 Å². The molecule has 0 saturated carbocycles. The van der Waals surface area contributed by atoms with E-state index in [1.54, 1.807) is 0 Å². The minimum Gasteiger partial charge on any atom is -0.466 e. The maximum absolute atomic E-state index is 11.3. The van der Waals surface area contributed by atoms with Gasteiger partial charge < -0.3 is 4.74 Å². The molecule has 0 amide bonds. The summed E-state index contributed by atoms with van der Waals surface area (Å²) >= 11 is 0. The maximum Gasteiger partial charge on any atom is 0.330 e. The Labute approximate surface area is 184 Å². The summed E-state index contributed by atoms with van der Waals surface area (Å²) in [7, 11) is 1.41. The minimum absolute atomic E-state index is 0.286. The molecule has 4 rings (SSSR count). The van der Waals surface area contributed by atoms with Crippen LogP contribution in [0.4, 0.5) is 0 Å². The van der Waals surface area contributed by atoms with Crippen molar-refractivity contribution in [2.24, 2.45) is 5.92 Å². The second-order valence-electron chi connectivity index (χ2n) is 8.56. The van der Waals surface area contributed by atoms with E-state index in [2.05, 4.69) is 56.5 Å². The number of methoxy groups -OCH3 is 1. The Hall–Kier alpha value is -2.73. The van der Waals surface area contributed by atoms with Crippen LogP contribution in [0.1, 0.15) is 43.4 Å². The number of hydrogen-bond donors (Lipinski definition) is 0. The Morgan fingerprint density at radius 1 is 1.26 bits per heavy atom. The van der Waals surface area contributed by atoms with Crippen LogP contribution < -0.4 is 0 Å². The van der Waals surface area contributed by atoms with E-state index in [1.165, 1.54) is 50.1 Å². The highest BCUT2D eigenvalue weighted by molar-refractivity contribution is 5.82. The summed E-state index contributed by atoms with van der Waals surface area (Å²) in [6, 6.07) is 11.0. The number of esters is 1. The molecule has 2 aromatic rings. The molecule has 2 unspecified atom stereocenters. The van der Waals surface area contributed by atoms with Crippen molar-refractivity contribution in [1.29, 1.82) is 0 Å². The Bertz CT molecular complexity index is 919. The summed E-state index contributed by atoms with van der Waals surface area (Å²) in [6.07, 6.45) is 14.7. The summed E-state index contributed by atoms with van der Waals surface area (Å²) in [5.41, 5.74) is 3.56. The number of rotatable bonds is 8. The van der Waals surface area contributed by atoms with Gasteiger partial charge in [0.05, 0.1) is 19.3 Å². The third kappa shape index (κ3) is 5.91. The van der Waals surface area contributed by atoms with E-state index in [-0.39, 0.29) is 5.97 Å². The van der Waals surface area contributed by atoms with Gasteiger partial charge in [0.2, 0.25) is 0 Å². The van der Waals surface area contributed by atoms with Gasteiger partial charge in [0.15, 0.2) is 0 Å². The van der Waals surface area contributed by atoms with Gasteiger partial charge in [0, 0.05) is 31.3 Å². The fourth-order valence-electron chi connectivity index (χ4n) is 4.84. The second-order valence-corrected chi connectivity index (χ2v) is 8.56. The third-order valence-electron chi connectivity index (χ3n) is 6.51. The number of ether oxygens (including phenoxy) is 1. The first kappa shape index (κ1) is 21.5. The zero-order valence-corrected chi connectivity index (χ0v) is 18.3. The molecule has 164 valence electrons. The quantitative estimate of drug-likeness (QED) is 0.480. The van der Waals surface area contributed by atoms with Crippen molar-refractivity contribution in [2.75, 3.05) is 20.2 Å². The Morgan fingerprint density at radius 2 is 2.13 bits per heavy atom. The van der Waals surface area contributed by atoms with Gasteiger partial charge in [-0.15, -0.1) is 5.10 Å². The first-order valence-electron chi connectivity index (χ1n) is 11.3. The van der Waals surface area contributed by atoms with E-state index in [0.29, 0.717) is 12.0 Å². The zero-order chi connectivity index (χ0) is 21.5. The molecule has 1 saturated heterocycles. The molecule has 0 spiro atoms. The smallest absolute Gasteiger partial charge is 0.330 e. The summed E-state index contributed by atoms with van der Waals surface area (Å²) in [4.78, 5) is 14.0. The first-order chi connectivity index (χ1) is 15.2. The highest BCUT2D eigenvalue weighted by Crippen LogP contribution is 2.34. The number of nitrogens with zero attached hydrogens (tertiary/aromatic N) is 4. The van der Waals surface area contributed by atoms with E-state index in [1.807, 2.05) is 16.8 Å². The van der Waals surface area contributed by atoms with E-state index in [4.69, 9.17) is 0 Å². The average molecular weight is 421 g/mol. The fourth-order valence-corrected chi connectivity index (χ4v) is 4.84. The predicted octanol–water partition coefficient (Wildman–Crippen LogP) is 3.79. The topological polar surface area (TPSA) is 60.2 Å². The van der Waals surface area contributed by atoms with Crippen LogP contribution in [0.3, 0.4) is 0 Å². The number of carbonyl (C=O) groups is 1. The lowest BCUT2D eigenvalue weighted by atomic mass is 9.83. The van der Waals surface area contributed by atoms with Crippen LogP contribution in [-0.4, -0.2) is 52.1 Å². The van der Waals surface area contributed by atoms with Crippen LogP contribution in [0, 0.1) is 5.92 Å². The van der Waals surface area contributed by atoms with Crippen molar-refractivity contribution in [2.45, 2.75) is 51.1 Å². The molecular weight excluding hydrogens is 388 g/mol. The lowest BCUT2D eigenvalue weighted by Crippen LogP contribution is -2.37. The first-order valence-corrected chi connectivity index (χ1v) is 11.3. The molecule has 2 atom stereocenters. The number of likely N-dealkylation sites (tertiary alicyclic amines) is 1. The van der Waals surface area contributed by atoms with Crippen molar-refractivity contribution in [3.05, 3.63) is 71.6 Å². The molecule has 1 aromatic heterocycles. The number of hydrogen-bond acceptors (Lipinski definition) is 5. The van der Waals surface area contributed by atoms with Crippen molar-refractivity contribution in [3.8, 4) is 0 Å². The number of aromatic nitrogens is 3. The van der Waals surface area contributed by atoms with Crippen LogP contribution in [0.5, 0.6) is 0 Å². The number of benzene rings is 1.